The number of fused-ring (bicyclic) bond motifs is 1. The van der Waals surface area contributed by atoms with Crippen molar-refractivity contribution in [3.8, 4) is 0 Å². The van der Waals surface area contributed by atoms with Gasteiger partial charge in [0.1, 0.15) is 6.04 Å². The molecular weight excluding hydrogens is 376 g/mol. The Bertz CT molecular complexity index is 973. The maximum absolute atomic E-state index is 12.3. The minimum absolute atomic E-state index is 0.131. The van der Waals surface area contributed by atoms with Gasteiger partial charge in [-0.1, -0.05) is 66.2 Å². The quantitative estimate of drug-likeness (QED) is 0.574. The van der Waals surface area contributed by atoms with Crippen molar-refractivity contribution >= 4 is 34.2 Å². The van der Waals surface area contributed by atoms with Crippen LogP contribution in [0.4, 0.5) is 0 Å². The number of hydrogen-bond acceptors (Lipinski definition) is 3. The number of carbonyl (C=O) groups is 2. The number of hydrogen-bond donors (Lipinski definition) is 3. The monoisotopic (exact) mass is 396 g/mol. The summed E-state index contributed by atoms with van der Waals surface area (Å²) in [5, 5.41) is 17.5. The van der Waals surface area contributed by atoms with Gasteiger partial charge in [0.25, 0.3) is 0 Å². The molecule has 6 heteroatoms. The normalized spacial score (nSPS) is 11.8. The van der Waals surface area contributed by atoms with Crippen molar-refractivity contribution in [2.45, 2.75) is 19.0 Å². The fourth-order valence-electron chi connectivity index (χ4n) is 2.89. The number of rotatable bonds is 7. The van der Waals surface area contributed by atoms with Gasteiger partial charge in [-0.05, 0) is 34.0 Å². The van der Waals surface area contributed by atoms with Crippen LogP contribution in [0, 0.1) is 0 Å². The average Bonchev–Trinajstić information content (AvgIpc) is 2.71. The van der Waals surface area contributed by atoms with Crippen LogP contribution < -0.4 is 10.6 Å². The van der Waals surface area contributed by atoms with Crippen LogP contribution >= 0.6 is 11.6 Å². The lowest BCUT2D eigenvalue weighted by Crippen LogP contribution is -2.49. The molecule has 1 atom stereocenters. The fourth-order valence-corrected chi connectivity index (χ4v) is 3.01. The predicted molar refractivity (Wildman–Crippen MR) is 110 cm³/mol. The highest BCUT2D eigenvalue weighted by atomic mass is 35.5. The van der Waals surface area contributed by atoms with E-state index in [0.29, 0.717) is 5.02 Å². The van der Waals surface area contributed by atoms with E-state index in [9.17, 15) is 14.7 Å². The number of carbonyl (C=O) groups excluding carboxylic acids is 2. The van der Waals surface area contributed by atoms with Gasteiger partial charge in [0.05, 0.1) is 13.0 Å². The first kappa shape index (κ1) is 19.9. The SMILES string of the molecule is O=C(Cc1ccc2ccccc2c1)N[C@@H](CO)C(=O)NCc1ccc(Cl)cc1. The Labute approximate surface area is 168 Å². The van der Waals surface area contributed by atoms with Crippen LogP contribution in [-0.4, -0.2) is 29.6 Å². The number of benzene rings is 3. The second-order valence-corrected chi connectivity index (χ2v) is 6.94. The summed E-state index contributed by atoms with van der Waals surface area (Å²) >= 11 is 5.84. The number of halogens is 1. The Morgan fingerprint density at radius 1 is 0.929 bits per heavy atom. The molecule has 3 aromatic rings. The summed E-state index contributed by atoms with van der Waals surface area (Å²) in [6, 6.07) is 19.8. The fraction of sp³-hybridized carbons (Fsp3) is 0.182. The lowest BCUT2D eigenvalue weighted by atomic mass is 10.0. The zero-order valence-electron chi connectivity index (χ0n) is 15.2. The Morgan fingerprint density at radius 2 is 1.61 bits per heavy atom. The molecule has 0 fully saturated rings. The first-order chi connectivity index (χ1) is 13.5. The van der Waals surface area contributed by atoms with E-state index >= 15 is 0 Å². The number of nitrogens with one attached hydrogen (secondary N) is 2. The van der Waals surface area contributed by atoms with E-state index in [1.165, 1.54) is 0 Å². The van der Waals surface area contributed by atoms with Crippen molar-refractivity contribution in [3.05, 3.63) is 82.9 Å². The minimum Gasteiger partial charge on any atom is -0.394 e. The number of aliphatic hydroxyl groups is 1. The molecule has 28 heavy (non-hydrogen) atoms. The molecule has 0 spiro atoms. The molecule has 2 amide bonds. The van der Waals surface area contributed by atoms with Crippen molar-refractivity contribution in [3.63, 3.8) is 0 Å². The first-order valence-electron chi connectivity index (χ1n) is 8.95. The molecule has 0 heterocycles. The summed E-state index contributed by atoms with van der Waals surface area (Å²) < 4.78 is 0. The van der Waals surface area contributed by atoms with E-state index in [0.717, 1.165) is 21.9 Å². The minimum atomic E-state index is -1.000. The summed E-state index contributed by atoms with van der Waals surface area (Å²) in [7, 11) is 0. The van der Waals surface area contributed by atoms with Crippen LogP contribution in [0.5, 0.6) is 0 Å². The molecule has 3 rings (SSSR count). The third-order valence-corrected chi connectivity index (χ3v) is 4.64. The van der Waals surface area contributed by atoms with Gasteiger partial charge < -0.3 is 15.7 Å². The van der Waals surface area contributed by atoms with E-state index in [-0.39, 0.29) is 18.9 Å². The van der Waals surface area contributed by atoms with Crippen LogP contribution in [-0.2, 0) is 22.6 Å². The van der Waals surface area contributed by atoms with Crippen molar-refractivity contribution in [1.82, 2.24) is 10.6 Å². The van der Waals surface area contributed by atoms with Gasteiger partial charge in [0.2, 0.25) is 11.8 Å². The maximum atomic E-state index is 12.3. The molecule has 0 aliphatic rings. The molecule has 3 aromatic carbocycles. The van der Waals surface area contributed by atoms with Crippen LogP contribution in [0.15, 0.2) is 66.7 Å². The van der Waals surface area contributed by atoms with Gasteiger partial charge in [0, 0.05) is 11.6 Å². The molecule has 0 aliphatic heterocycles. The molecule has 0 unspecified atom stereocenters. The van der Waals surface area contributed by atoms with E-state index < -0.39 is 18.6 Å². The third kappa shape index (κ3) is 5.31. The summed E-state index contributed by atoms with van der Waals surface area (Å²) in [6.45, 7) is -0.192. The summed E-state index contributed by atoms with van der Waals surface area (Å²) in [5.74, 6) is -0.764. The van der Waals surface area contributed by atoms with Crippen LogP contribution in [0.25, 0.3) is 10.8 Å². The Balaban J connectivity index is 1.55. The molecular formula is C22H21ClN2O3. The predicted octanol–water partition coefficient (Wildman–Crippen LogP) is 2.83. The largest absolute Gasteiger partial charge is 0.394 e. The van der Waals surface area contributed by atoms with E-state index in [2.05, 4.69) is 10.6 Å². The standard InChI is InChI=1S/C22H21ClN2O3/c23-19-9-6-15(7-10-19)13-24-22(28)20(14-26)25-21(27)12-16-5-8-17-3-1-2-4-18(17)11-16/h1-11,20,26H,12-14H2,(H,24,28)(H,25,27)/t20-/m0/s1. The highest BCUT2D eigenvalue weighted by Gasteiger charge is 2.19. The van der Waals surface area contributed by atoms with Crippen LogP contribution in [0.1, 0.15) is 11.1 Å². The Morgan fingerprint density at radius 3 is 2.32 bits per heavy atom. The molecule has 0 saturated heterocycles. The van der Waals surface area contributed by atoms with Crippen molar-refractivity contribution < 1.29 is 14.7 Å². The molecule has 5 nitrogen and oxygen atoms in total. The second-order valence-electron chi connectivity index (χ2n) is 6.51. The highest BCUT2D eigenvalue weighted by molar-refractivity contribution is 6.30. The van der Waals surface area contributed by atoms with E-state index in [1.54, 1.807) is 24.3 Å². The van der Waals surface area contributed by atoms with Crippen molar-refractivity contribution in [2.75, 3.05) is 6.61 Å². The maximum Gasteiger partial charge on any atom is 0.245 e. The Hall–Kier alpha value is -2.89. The van der Waals surface area contributed by atoms with Gasteiger partial charge in [-0.15, -0.1) is 0 Å². The number of aliphatic hydroxyl groups excluding tert-OH is 1. The third-order valence-electron chi connectivity index (χ3n) is 4.39. The molecule has 0 radical (unpaired) electrons. The van der Waals surface area contributed by atoms with E-state index in [4.69, 9.17) is 11.6 Å². The van der Waals surface area contributed by atoms with Crippen LogP contribution in [0.2, 0.25) is 5.02 Å². The van der Waals surface area contributed by atoms with Gasteiger partial charge >= 0.3 is 0 Å². The first-order valence-corrected chi connectivity index (χ1v) is 9.33. The van der Waals surface area contributed by atoms with E-state index in [1.807, 2.05) is 42.5 Å². The van der Waals surface area contributed by atoms with Crippen molar-refractivity contribution in [1.29, 1.82) is 0 Å². The molecule has 0 saturated carbocycles. The topological polar surface area (TPSA) is 78.4 Å². The molecule has 0 aromatic heterocycles. The average molecular weight is 397 g/mol. The lowest BCUT2D eigenvalue weighted by Gasteiger charge is -2.16. The molecule has 144 valence electrons. The summed E-state index contributed by atoms with van der Waals surface area (Å²) in [4.78, 5) is 24.6. The zero-order valence-corrected chi connectivity index (χ0v) is 15.9. The van der Waals surface area contributed by atoms with Crippen LogP contribution in [0.3, 0.4) is 0 Å². The van der Waals surface area contributed by atoms with Gasteiger partial charge in [-0.2, -0.15) is 0 Å². The van der Waals surface area contributed by atoms with Gasteiger partial charge in [0.15, 0.2) is 0 Å². The smallest absolute Gasteiger partial charge is 0.245 e. The van der Waals surface area contributed by atoms with Gasteiger partial charge in [-0.25, -0.2) is 0 Å². The zero-order chi connectivity index (χ0) is 19.9. The van der Waals surface area contributed by atoms with Crippen molar-refractivity contribution in [2.24, 2.45) is 0 Å². The molecule has 3 N–H and O–H groups in total. The Kier molecular flexibility index (Phi) is 6.63. The summed E-state index contributed by atoms with van der Waals surface area (Å²) in [6.07, 6.45) is 0.131. The van der Waals surface area contributed by atoms with Gasteiger partial charge in [-0.3, -0.25) is 9.59 Å². The second kappa shape index (κ2) is 9.35. The molecule has 0 bridgehead atoms. The number of amides is 2. The lowest BCUT2D eigenvalue weighted by molar-refractivity contribution is -0.129. The summed E-state index contributed by atoms with van der Waals surface area (Å²) in [5.41, 5.74) is 1.71. The molecule has 0 aliphatic carbocycles. The highest BCUT2D eigenvalue weighted by Crippen LogP contribution is 2.16.